The Bertz CT molecular complexity index is 741. The molecule has 23 heavy (non-hydrogen) atoms. The van der Waals surface area contributed by atoms with Crippen molar-refractivity contribution in [3.05, 3.63) is 29.7 Å². The van der Waals surface area contributed by atoms with Crippen LogP contribution in [0, 0.1) is 6.92 Å². The Morgan fingerprint density at radius 3 is 3.04 bits per heavy atom. The van der Waals surface area contributed by atoms with Gasteiger partial charge in [0.25, 0.3) is 5.91 Å². The van der Waals surface area contributed by atoms with Gasteiger partial charge in [-0.3, -0.25) is 9.00 Å². The third-order valence-electron chi connectivity index (χ3n) is 4.38. The second kappa shape index (κ2) is 6.83. The summed E-state index contributed by atoms with van der Waals surface area (Å²) in [4.78, 5) is 16.7. The van der Waals surface area contributed by atoms with Crippen LogP contribution in [-0.2, 0) is 10.8 Å². The molecule has 3 rings (SSSR count). The van der Waals surface area contributed by atoms with E-state index >= 15 is 0 Å². The van der Waals surface area contributed by atoms with Crippen LogP contribution in [-0.4, -0.2) is 32.1 Å². The highest BCUT2D eigenvalue weighted by molar-refractivity contribution is 7.85. The van der Waals surface area contributed by atoms with Crippen molar-refractivity contribution in [3.8, 4) is 0 Å². The Balaban J connectivity index is 1.68. The van der Waals surface area contributed by atoms with Crippen LogP contribution in [0.3, 0.4) is 0 Å². The van der Waals surface area contributed by atoms with E-state index in [1.807, 2.05) is 6.92 Å². The summed E-state index contributed by atoms with van der Waals surface area (Å²) in [5.41, 5.74) is 1.96. The van der Waals surface area contributed by atoms with E-state index in [1.54, 1.807) is 25.1 Å². The van der Waals surface area contributed by atoms with Crippen molar-refractivity contribution < 1.29 is 13.4 Å². The zero-order valence-corrected chi connectivity index (χ0v) is 14.3. The maximum Gasteiger partial charge on any atom is 0.251 e. The van der Waals surface area contributed by atoms with E-state index in [0.717, 1.165) is 31.2 Å². The van der Waals surface area contributed by atoms with E-state index < -0.39 is 10.8 Å². The highest BCUT2D eigenvalue weighted by Gasteiger charge is 2.26. The monoisotopic (exact) mass is 334 g/mol. The Morgan fingerprint density at radius 2 is 2.26 bits per heavy atom. The molecule has 1 heterocycles. The van der Waals surface area contributed by atoms with Gasteiger partial charge in [0.1, 0.15) is 5.52 Å². The summed E-state index contributed by atoms with van der Waals surface area (Å²) in [6.07, 6.45) is 3.76. The lowest BCUT2D eigenvalue weighted by Crippen LogP contribution is -2.41. The lowest BCUT2D eigenvalue weighted by Gasteiger charge is -2.29. The first-order valence-corrected chi connectivity index (χ1v) is 9.50. The molecule has 6 heteroatoms. The van der Waals surface area contributed by atoms with Gasteiger partial charge in [-0.2, -0.15) is 0 Å². The minimum Gasteiger partial charge on any atom is -0.441 e. The zero-order chi connectivity index (χ0) is 16.4. The molecule has 1 fully saturated rings. The van der Waals surface area contributed by atoms with Gasteiger partial charge in [0.15, 0.2) is 11.5 Å². The summed E-state index contributed by atoms with van der Waals surface area (Å²) >= 11 is 0. The number of aryl methyl sites for hydroxylation is 1. The molecule has 5 nitrogen and oxygen atoms in total. The van der Waals surface area contributed by atoms with E-state index in [9.17, 15) is 9.00 Å². The van der Waals surface area contributed by atoms with Gasteiger partial charge in [-0.05, 0) is 37.5 Å². The van der Waals surface area contributed by atoms with E-state index in [-0.39, 0.29) is 17.2 Å². The van der Waals surface area contributed by atoms with Crippen LogP contribution in [0.1, 0.15) is 48.9 Å². The third-order valence-corrected chi connectivity index (χ3v) is 6.12. The molecule has 3 unspecified atom stereocenters. The zero-order valence-electron chi connectivity index (χ0n) is 13.5. The SMILES string of the molecule is CCS(=O)C1CCCC(NC(=O)c2ccc3nc(C)oc3c2)C1. The lowest BCUT2D eigenvalue weighted by atomic mass is 9.94. The molecular weight excluding hydrogens is 312 g/mol. The highest BCUT2D eigenvalue weighted by Crippen LogP contribution is 2.24. The maximum atomic E-state index is 12.5. The molecule has 1 saturated carbocycles. The Morgan fingerprint density at radius 1 is 1.43 bits per heavy atom. The van der Waals surface area contributed by atoms with Gasteiger partial charge in [0.2, 0.25) is 0 Å². The fourth-order valence-electron chi connectivity index (χ4n) is 3.20. The number of carbonyl (C=O) groups excluding carboxylic acids is 1. The Labute approximate surface area is 138 Å². The molecule has 1 aliphatic rings. The van der Waals surface area contributed by atoms with Crippen LogP contribution < -0.4 is 5.32 Å². The smallest absolute Gasteiger partial charge is 0.251 e. The first-order valence-electron chi connectivity index (χ1n) is 8.12. The molecule has 0 saturated heterocycles. The Kier molecular flexibility index (Phi) is 4.80. The van der Waals surface area contributed by atoms with Gasteiger partial charge < -0.3 is 9.73 Å². The fourth-order valence-corrected chi connectivity index (χ4v) is 4.55. The predicted octanol–water partition coefficient (Wildman–Crippen LogP) is 2.95. The molecule has 0 bridgehead atoms. The number of carbonyl (C=O) groups is 1. The molecule has 2 aromatic rings. The van der Waals surface area contributed by atoms with E-state index in [4.69, 9.17) is 4.42 Å². The quantitative estimate of drug-likeness (QED) is 0.933. The van der Waals surface area contributed by atoms with Crippen molar-refractivity contribution in [2.24, 2.45) is 0 Å². The number of nitrogens with one attached hydrogen (secondary N) is 1. The number of nitrogens with zero attached hydrogens (tertiary/aromatic N) is 1. The summed E-state index contributed by atoms with van der Waals surface area (Å²) in [6.45, 7) is 3.74. The van der Waals surface area contributed by atoms with Gasteiger partial charge in [-0.1, -0.05) is 13.3 Å². The van der Waals surface area contributed by atoms with Crippen LogP contribution in [0.4, 0.5) is 0 Å². The molecule has 0 radical (unpaired) electrons. The van der Waals surface area contributed by atoms with Crippen molar-refractivity contribution in [2.45, 2.75) is 50.8 Å². The summed E-state index contributed by atoms with van der Waals surface area (Å²) < 4.78 is 17.5. The minimum atomic E-state index is -0.784. The molecule has 124 valence electrons. The minimum absolute atomic E-state index is 0.101. The van der Waals surface area contributed by atoms with Crippen LogP contribution in [0.2, 0.25) is 0 Å². The molecule has 1 N–H and O–H groups in total. The van der Waals surface area contributed by atoms with Gasteiger partial charge >= 0.3 is 0 Å². The van der Waals surface area contributed by atoms with Gasteiger partial charge in [0.05, 0.1) is 0 Å². The summed E-state index contributed by atoms with van der Waals surface area (Å²) in [6, 6.07) is 5.40. The van der Waals surface area contributed by atoms with Gasteiger partial charge in [-0.15, -0.1) is 0 Å². The third kappa shape index (κ3) is 3.63. The summed E-state index contributed by atoms with van der Waals surface area (Å²) in [5.74, 6) is 1.18. The van der Waals surface area contributed by atoms with Crippen molar-refractivity contribution >= 4 is 27.8 Å². The molecule has 1 amide bonds. The number of amides is 1. The van der Waals surface area contributed by atoms with E-state index in [2.05, 4.69) is 10.3 Å². The molecule has 1 aliphatic carbocycles. The largest absolute Gasteiger partial charge is 0.441 e. The van der Waals surface area contributed by atoms with Crippen molar-refractivity contribution in [2.75, 3.05) is 5.75 Å². The molecule has 1 aromatic heterocycles. The molecule has 0 spiro atoms. The molecule has 0 aliphatic heterocycles. The summed E-state index contributed by atoms with van der Waals surface area (Å²) in [5, 5.41) is 3.29. The first kappa shape index (κ1) is 16.2. The lowest BCUT2D eigenvalue weighted by molar-refractivity contribution is 0.0928. The van der Waals surface area contributed by atoms with E-state index in [1.165, 1.54) is 0 Å². The Hall–Kier alpha value is -1.69. The first-order chi connectivity index (χ1) is 11.1. The average Bonchev–Trinajstić information content (AvgIpc) is 2.93. The molecule has 3 atom stereocenters. The number of rotatable bonds is 4. The average molecular weight is 334 g/mol. The van der Waals surface area contributed by atoms with Crippen molar-refractivity contribution in [1.82, 2.24) is 10.3 Å². The second-order valence-corrected chi connectivity index (χ2v) is 8.05. The van der Waals surface area contributed by atoms with E-state index in [0.29, 0.717) is 22.8 Å². The topological polar surface area (TPSA) is 72.2 Å². The predicted molar refractivity (Wildman–Crippen MR) is 90.9 cm³/mol. The van der Waals surface area contributed by atoms with Crippen molar-refractivity contribution in [1.29, 1.82) is 0 Å². The van der Waals surface area contributed by atoms with Crippen molar-refractivity contribution in [3.63, 3.8) is 0 Å². The summed E-state index contributed by atoms with van der Waals surface area (Å²) in [7, 11) is -0.784. The maximum absolute atomic E-state index is 12.5. The number of hydrogen-bond acceptors (Lipinski definition) is 4. The number of aromatic nitrogens is 1. The van der Waals surface area contributed by atoms with Crippen LogP contribution in [0.5, 0.6) is 0 Å². The second-order valence-electron chi connectivity index (χ2n) is 6.04. The fraction of sp³-hybridized carbons (Fsp3) is 0.529. The van der Waals surface area contributed by atoms with Crippen LogP contribution in [0.25, 0.3) is 11.1 Å². The van der Waals surface area contributed by atoms with Gasteiger partial charge in [-0.25, -0.2) is 4.98 Å². The van der Waals surface area contributed by atoms with Crippen LogP contribution in [0.15, 0.2) is 22.6 Å². The number of benzene rings is 1. The normalized spacial score (nSPS) is 22.9. The number of hydrogen-bond donors (Lipinski definition) is 1. The highest BCUT2D eigenvalue weighted by atomic mass is 32.2. The van der Waals surface area contributed by atoms with Crippen LogP contribution >= 0.6 is 0 Å². The standard InChI is InChI=1S/C17H22N2O3S/c1-3-23(21)14-6-4-5-13(10-14)19-17(20)12-7-8-15-16(9-12)22-11(2)18-15/h7-9,13-14H,3-6,10H2,1-2H3,(H,19,20). The molecular formula is C17H22N2O3S. The number of oxazole rings is 1. The number of fused-ring (bicyclic) bond motifs is 1. The van der Waals surface area contributed by atoms with Gasteiger partial charge in [0, 0.05) is 40.3 Å². The molecule has 1 aromatic carbocycles.